The van der Waals surface area contributed by atoms with Gasteiger partial charge in [-0.05, 0) is 18.9 Å². The molecule has 1 rings (SSSR count). The van der Waals surface area contributed by atoms with Crippen LogP contribution < -0.4 is 11.1 Å². The van der Waals surface area contributed by atoms with Crippen molar-refractivity contribution in [1.29, 1.82) is 0 Å². The first-order chi connectivity index (χ1) is 7.72. The van der Waals surface area contributed by atoms with E-state index in [1.54, 1.807) is 12.5 Å². The van der Waals surface area contributed by atoms with Crippen molar-refractivity contribution in [1.82, 2.24) is 14.9 Å². The van der Waals surface area contributed by atoms with E-state index in [4.69, 9.17) is 5.73 Å². The molecule has 0 spiro atoms. The van der Waals surface area contributed by atoms with Gasteiger partial charge in [-0.3, -0.25) is 4.79 Å². The molecule has 1 aromatic rings. The highest BCUT2D eigenvalue weighted by Gasteiger charge is 2.06. The molecule has 0 saturated heterocycles. The summed E-state index contributed by atoms with van der Waals surface area (Å²) in [5.41, 5.74) is 5.45. The summed E-state index contributed by atoms with van der Waals surface area (Å²) < 4.78 is 1.99. The molecule has 1 atom stereocenters. The van der Waals surface area contributed by atoms with Crippen molar-refractivity contribution in [2.45, 2.75) is 26.3 Å². The Kier molecular flexibility index (Phi) is 5.56. The summed E-state index contributed by atoms with van der Waals surface area (Å²) in [6, 6.07) is 0. The summed E-state index contributed by atoms with van der Waals surface area (Å²) in [5.74, 6) is 0.345. The zero-order chi connectivity index (χ0) is 11.8. The monoisotopic (exact) mass is 224 g/mol. The van der Waals surface area contributed by atoms with Gasteiger partial charge in [0.2, 0.25) is 5.91 Å². The molecule has 1 heterocycles. The minimum absolute atomic E-state index is 0.0866. The van der Waals surface area contributed by atoms with Crippen LogP contribution in [0.2, 0.25) is 0 Å². The predicted octanol–water partition coefficient (Wildman–Crippen LogP) is 0.374. The van der Waals surface area contributed by atoms with Gasteiger partial charge in [0.25, 0.3) is 0 Å². The van der Waals surface area contributed by atoms with Crippen LogP contribution in [-0.4, -0.2) is 28.5 Å². The minimum Gasteiger partial charge on any atom is -0.356 e. The van der Waals surface area contributed by atoms with Crippen LogP contribution in [0.4, 0.5) is 0 Å². The second-order valence-corrected chi connectivity index (χ2v) is 4.05. The quantitative estimate of drug-likeness (QED) is 0.657. The van der Waals surface area contributed by atoms with Gasteiger partial charge in [0.15, 0.2) is 0 Å². The average molecular weight is 224 g/mol. The molecule has 0 fully saturated rings. The Morgan fingerprint density at radius 2 is 2.44 bits per heavy atom. The molecule has 0 aliphatic heterocycles. The standard InChI is InChI=1S/C11H20N4O/c1-10(8-12)7-11(16)14-3-2-5-15-6-4-13-9-15/h4,6,9-10H,2-3,5,7-8,12H2,1H3,(H,14,16). The molecular weight excluding hydrogens is 204 g/mol. The van der Waals surface area contributed by atoms with Gasteiger partial charge >= 0.3 is 0 Å². The Balaban J connectivity index is 2.04. The third-order valence-corrected chi connectivity index (χ3v) is 2.41. The van der Waals surface area contributed by atoms with Crippen LogP contribution in [0.3, 0.4) is 0 Å². The number of imidazole rings is 1. The second-order valence-electron chi connectivity index (χ2n) is 4.05. The highest BCUT2D eigenvalue weighted by Crippen LogP contribution is 1.98. The van der Waals surface area contributed by atoms with E-state index in [9.17, 15) is 4.79 Å². The molecular formula is C11H20N4O. The molecule has 5 heteroatoms. The van der Waals surface area contributed by atoms with E-state index in [0.717, 1.165) is 13.0 Å². The van der Waals surface area contributed by atoms with Gasteiger partial charge in [0, 0.05) is 31.9 Å². The first-order valence-corrected chi connectivity index (χ1v) is 5.65. The Bertz CT molecular complexity index is 297. The van der Waals surface area contributed by atoms with Gasteiger partial charge in [0.1, 0.15) is 0 Å². The number of aromatic nitrogens is 2. The van der Waals surface area contributed by atoms with Crippen molar-refractivity contribution in [3.05, 3.63) is 18.7 Å². The molecule has 0 aliphatic rings. The van der Waals surface area contributed by atoms with Gasteiger partial charge < -0.3 is 15.6 Å². The van der Waals surface area contributed by atoms with Gasteiger partial charge in [-0.2, -0.15) is 0 Å². The molecule has 0 aliphatic carbocycles. The van der Waals surface area contributed by atoms with Crippen molar-refractivity contribution in [2.75, 3.05) is 13.1 Å². The van der Waals surface area contributed by atoms with Crippen LogP contribution >= 0.6 is 0 Å². The highest BCUT2D eigenvalue weighted by molar-refractivity contribution is 5.76. The number of rotatable bonds is 7. The lowest BCUT2D eigenvalue weighted by atomic mass is 10.1. The lowest BCUT2D eigenvalue weighted by Crippen LogP contribution is -2.28. The fourth-order valence-electron chi connectivity index (χ4n) is 1.38. The topological polar surface area (TPSA) is 72.9 Å². The fourth-order valence-corrected chi connectivity index (χ4v) is 1.38. The second kappa shape index (κ2) is 7.00. The molecule has 0 radical (unpaired) electrons. The number of nitrogens with zero attached hydrogens (tertiary/aromatic N) is 2. The van der Waals surface area contributed by atoms with Crippen LogP contribution in [0.15, 0.2) is 18.7 Å². The number of amides is 1. The van der Waals surface area contributed by atoms with E-state index in [-0.39, 0.29) is 11.8 Å². The summed E-state index contributed by atoms with van der Waals surface area (Å²) in [6.07, 6.45) is 6.87. The van der Waals surface area contributed by atoms with Crippen LogP contribution in [0.25, 0.3) is 0 Å². The fraction of sp³-hybridized carbons (Fsp3) is 0.636. The zero-order valence-corrected chi connectivity index (χ0v) is 9.72. The highest BCUT2D eigenvalue weighted by atomic mass is 16.1. The van der Waals surface area contributed by atoms with E-state index in [2.05, 4.69) is 10.3 Å². The number of hydrogen-bond acceptors (Lipinski definition) is 3. The molecule has 5 nitrogen and oxygen atoms in total. The summed E-state index contributed by atoms with van der Waals surface area (Å²) in [6.45, 7) is 4.12. The normalized spacial score (nSPS) is 12.4. The Morgan fingerprint density at radius 1 is 1.62 bits per heavy atom. The summed E-state index contributed by atoms with van der Waals surface area (Å²) in [5, 5.41) is 2.88. The number of hydrogen-bond donors (Lipinski definition) is 2. The number of aryl methyl sites for hydroxylation is 1. The van der Waals surface area contributed by atoms with Crippen LogP contribution in [-0.2, 0) is 11.3 Å². The lowest BCUT2D eigenvalue weighted by Gasteiger charge is -2.09. The number of carbonyl (C=O) groups is 1. The third-order valence-electron chi connectivity index (χ3n) is 2.41. The SMILES string of the molecule is CC(CN)CC(=O)NCCCn1ccnc1. The van der Waals surface area contributed by atoms with Gasteiger partial charge in [-0.1, -0.05) is 6.92 Å². The molecule has 0 bridgehead atoms. The molecule has 1 amide bonds. The smallest absolute Gasteiger partial charge is 0.220 e. The summed E-state index contributed by atoms with van der Waals surface area (Å²) in [4.78, 5) is 15.3. The Labute approximate surface area is 96.0 Å². The van der Waals surface area contributed by atoms with Gasteiger partial charge in [0.05, 0.1) is 6.33 Å². The van der Waals surface area contributed by atoms with Crippen molar-refractivity contribution < 1.29 is 4.79 Å². The van der Waals surface area contributed by atoms with Crippen molar-refractivity contribution in [3.63, 3.8) is 0 Å². The van der Waals surface area contributed by atoms with E-state index < -0.39 is 0 Å². The first kappa shape index (κ1) is 12.7. The van der Waals surface area contributed by atoms with Crippen molar-refractivity contribution in [2.24, 2.45) is 11.7 Å². The molecule has 0 saturated carbocycles. The van der Waals surface area contributed by atoms with Gasteiger partial charge in [-0.15, -0.1) is 0 Å². The van der Waals surface area contributed by atoms with Crippen LogP contribution in [0, 0.1) is 5.92 Å². The van der Waals surface area contributed by atoms with Gasteiger partial charge in [-0.25, -0.2) is 4.98 Å². The minimum atomic E-state index is 0.0866. The Hall–Kier alpha value is -1.36. The van der Waals surface area contributed by atoms with E-state index in [0.29, 0.717) is 19.5 Å². The maximum atomic E-state index is 11.4. The predicted molar refractivity (Wildman–Crippen MR) is 62.7 cm³/mol. The number of carbonyl (C=O) groups excluding carboxylic acids is 1. The van der Waals surface area contributed by atoms with E-state index in [1.807, 2.05) is 17.7 Å². The molecule has 3 N–H and O–H groups in total. The lowest BCUT2D eigenvalue weighted by molar-refractivity contribution is -0.121. The zero-order valence-electron chi connectivity index (χ0n) is 9.72. The number of nitrogens with one attached hydrogen (secondary N) is 1. The van der Waals surface area contributed by atoms with Crippen LogP contribution in [0.5, 0.6) is 0 Å². The molecule has 1 unspecified atom stereocenters. The first-order valence-electron chi connectivity index (χ1n) is 5.65. The summed E-state index contributed by atoms with van der Waals surface area (Å²) in [7, 11) is 0. The molecule has 90 valence electrons. The average Bonchev–Trinajstić information content (AvgIpc) is 2.77. The molecule has 0 aromatic carbocycles. The van der Waals surface area contributed by atoms with E-state index >= 15 is 0 Å². The maximum Gasteiger partial charge on any atom is 0.220 e. The number of nitrogens with two attached hydrogens (primary N) is 1. The third kappa shape index (κ3) is 4.93. The Morgan fingerprint density at radius 3 is 3.06 bits per heavy atom. The largest absolute Gasteiger partial charge is 0.356 e. The van der Waals surface area contributed by atoms with Crippen molar-refractivity contribution >= 4 is 5.91 Å². The maximum absolute atomic E-state index is 11.4. The summed E-state index contributed by atoms with van der Waals surface area (Å²) >= 11 is 0. The van der Waals surface area contributed by atoms with Crippen LogP contribution in [0.1, 0.15) is 19.8 Å². The van der Waals surface area contributed by atoms with Crippen molar-refractivity contribution in [3.8, 4) is 0 Å². The molecule has 16 heavy (non-hydrogen) atoms. The molecule has 1 aromatic heterocycles. The van der Waals surface area contributed by atoms with E-state index in [1.165, 1.54) is 0 Å².